The second-order valence-corrected chi connectivity index (χ2v) is 3.42. The Bertz CT molecular complexity index is 161. The SMILES string of the molecule is COC(=O)C(C)(C)C=CCBr. The van der Waals surface area contributed by atoms with Gasteiger partial charge in [-0.15, -0.1) is 0 Å². The summed E-state index contributed by atoms with van der Waals surface area (Å²) in [6, 6.07) is 0. The van der Waals surface area contributed by atoms with Crippen molar-refractivity contribution in [3.8, 4) is 0 Å². The van der Waals surface area contributed by atoms with Crippen molar-refractivity contribution >= 4 is 21.9 Å². The number of rotatable bonds is 3. The predicted octanol–water partition coefficient (Wildman–Crippen LogP) is 2.14. The Kier molecular flexibility index (Phi) is 4.42. The quantitative estimate of drug-likeness (QED) is 0.414. The number of hydrogen-bond acceptors (Lipinski definition) is 2. The third-order valence-corrected chi connectivity index (χ3v) is 1.71. The average Bonchev–Trinajstić information content (AvgIpc) is 1.99. The van der Waals surface area contributed by atoms with Crippen molar-refractivity contribution in [3.63, 3.8) is 0 Å². The number of carbonyl (C=O) groups is 1. The van der Waals surface area contributed by atoms with E-state index in [1.807, 2.05) is 26.0 Å². The van der Waals surface area contributed by atoms with E-state index in [2.05, 4.69) is 20.7 Å². The molecule has 0 rings (SSSR count). The third kappa shape index (κ3) is 3.56. The summed E-state index contributed by atoms with van der Waals surface area (Å²) in [6.07, 6.45) is 3.71. The Morgan fingerprint density at radius 2 is 2.18 bits per heavy atom. The highest BCUT2D eigenvalue weighted by atomic mass is 79.9. The van der Waals surface area contributed by atoms with Crippen LogP contribution in [-0.2, 0) is 9.53 Å². The van der Waals surface area contributed by atoms with Crippen molar-refractivity contribution < 1.29 is 9.53 Å². The molecule has 0 amide bonds. The van der Waals surface area contributed by atoms with Crippen molar-refractivity contribution in [2.45, 2.75) is 13.8 Å². The molecule has 0 saturated heterocycles. The van der Waals surface area contributed by atoms with Gasteiger partial charge in [-0.25, -0.2) is 0 Å². The van der Waals surface area contributed by atoms with Crippen LogP contribution in [0.15, 0.2) is 12.2 Å². The van der Waals surface area contributed by atoms with E-state index in [1.165, 1.54) is 7.11 Å². The standard InChI is InChI=1S/C8H13BrO2/c1-8(2,5-4-6-9)7(10)11-3/h4-5H,6H2,1-3H3. The summed E-state index contributed by atoms with van der Waals surface area (Å²) in [5, 5.41) is 0.757. The number of halogens is 1. The average molecular weight is 221 g/mol. The molecule has 0 atom stereocenters. The third-order valence-electron chi connectivity index (χ3n) is 1.34. The minimum Gasteiger partial charge on any atom is -0.468 e. The molecule has 0 aliphatic carbocycles. The number of allylic oxidation sites excluding steroid dienone is 1. The zero-order valence-corrected chi connectivity index (χ0v) is 8.64. The van der Waals surface area contributed by atoms with Crippen LogP contribution >= 0.6 is 15.9 Å². The maximum Gasteiger partial charge on any atom is 0.315 e. The zero-order valence-electron chi connectivity index (χ0n) is 7.06. The molecule has 0 aromatic heterocycles. The van der Waals surface area contributed by atoms with Crippen molar-refractivity contribution in [1.82, 2.24) is 0 Å². The molecule has 2 nitrogen and oxygen atoms in total. The van der Waals surface area contributed by atoms with Crippen molar-refractivity contribution in [2.24, 2.45) is 5.41 Å². The Balaban J connectivity index is 4.20. The van der Waals surface area contributed by atoms with E-state index in [9.17, 15) is 4.79 Å². The molecule has 0 N–H and O–H groups in total. The molecule has 3 heteroatoms. The van der Waals surface area contributed by atoms with Crippen LogP contribution in [0, 0.1) is 5.41 Å². The van der Waals surface area contributed by atoms with Crippen LogP contribution in [0.1, 0.15) is 13.8 Å². The fraction of sp³-hybridized carbons (Fsp3) is 0.625. The van der Waals surface area contributed by atoms with Gasteiger partial charge >= 0.3 is 5.97 Å². The van der Waals surface area contributed by atoms with E-state index < -0.39 is 5.41 Å². The van der Waals surface area contributed by atoms with E-state index in [0.29, 0.717) is 0 Å². The summed E-state index contributed by atoms with van der Waals surface area (Å²) in [7, 11) is 1.39. The van der Waals surface area contributed by atoms with Gasteiger partial charge in [0, 0.05) is 5.33 Å². The molecule has 0 aromatic carbocycles. The summed E-state index contributed by atoms with van der Waals surface area (Å²) < 4.78 is 4.61. The van der Waals surface area contributed by atoms with Gasteiger partial charge in [0.05, 0.1) is 12.5 Å². The van der Waals surface area contributed by atoms with Gasteiger partial charge in [-0.2, -0.15) is 0 Å². The molecule has 0 heterocycles. The van der Waals surface area contributed by atoms with E-state index in [4.69, 9.17) is 0 Å². The van der Waals surface area contributed by atoms with E-state index in [-0.39, 0.29) is 5.97 Å². The lowest BCUT2D eigenvalue weighted by Crippen LogP contribution is -2.22. The summed E-state index contributed by atoms with van der Waals surface area (Å²) in [5.41, 5.74) is -0.511. The topological polar surface area (TPSA) is 26.3 Å². The van der Waals surface area contributed by atoms with Crippen molar-refractivity contribution in [3.05, 3.63) is 12.2 Å². The molecule has 0 radical (unpaired) electrons. The highest BCUT2D eigenvalue weighted by Gasteiger charge is 2.24. The summed E-state index contributed by atoms with van der Waals surface area (Å²) in [5.74, 6) is -0.213. The maximum atomic E-state index is 11.1. The Morgan fingerprint density at radius 1 is 1.64 bits per heavy atom. The summed E-state index contributed by atoms with van der Waals surface area (Å²) in [4.78, 5) is 11.1. The van der Waals surface area contributed by atoms with Gasteiger partial charge in [-0.3, -0.25) is 4.79 Å². The molecule has 0 saturated carbocycles. The van der Waals surface area contributed by atoms with Crippen molar-refractivity contribution in [1.29, 1.82) is 0 Å². The first-order chi connectivity index (χ1) is 5.04. The normalized spacial score (nSPS) is 12.0. The highest BCUT2D eigenvalue weighted by molar-refractivity contribution is 9.09. The number of methoxy groups -OCH3 is 1. The lowest BCUT2D eigenvalue weighted by molar-refractivity contribution is -0.148. The smallest absolute Gasteiger partial charge is 0.315 e. The summed E-state index contributed by atoms with van der Waals surface area (Å²) >= 11 is 3.23. The van der Waals surface area contributed by atoms with Crippen LogP contribution in [0.25, 0.3) is 0 Å². The number of alkyl halides is 1. The number of carbonyl (C=O) groups excluding carboxylic acids is 1. The van der Waals surface area contributed by atoms with Gasteiger partial charge in [-0.05, 0) is 13.8 Å². The molecule has 11 heavy (non-hydrogen) atoms. The van der Waals surface area contributed by atoms with Crippen LogP contribution in [0.3, 0.4) is 0 Å². The van der Waals surface area contributed by atoms with E-state index in [0.717, 1.165) is 5.33 Å². The van der Waals surface area contributed by atoms with Gasteiger partial charge in [0.15, 0.2) is 0 Å². The minimum atomic E-state index is -0.511. The fourth-order valence-corrected chi connectivity index (χ4v) is 0.857. The van der Waals surface area contributed by atoms with Crippen LogP contribution in [0.4, 0.5) is 0 Å². The van der Waals surface area contributed by atoms with Gasteiger partial charge in [0.25, 0.3) is 0 Å². The molecule has 0 spiro atoms. The Labute approximate surface area is 75.7 Å². The lowest BCUT2D eigenvalue weighted by Gasteiger charge is -2.15. The molecule has 0 fully saturated rings. The van der Waals surface area contributed by atoms with Crippen molar-refractivity contribution in [2.75, 3.05) is 12.4 Å². The first kappa shape index (κ1) is 10.7. The molecule has 0 unspecified atom stereocenters. The van der Waals surface area contributed by atoms with Crippen LogP contribution in [-0.4, -0.2) is 18.4 Å². The zero-order chi connectivity index (χ0) is 8.91. The largest absolute Gasteiger partial charge is 0.468 e. The molecule has 0 bridgehead atoms. The first-order valence-electron chi connectivity index (χ1n) is 3.36. The molecular weight excluding hydrogens is 208 g/mol. The number of ether oxygens (including phenoxy) is 1. The second kappa shape index (κ2) is 4.54. The second-order valence-electron chi connectivity index (χ2n) is 2.77. The maximum absolute atomic E-state index is 11.1. The monoisotopic (exact) mass is 220 g/mol. The van der Waals surface area contributed by atoms with E-state index in [1.54, 1.807) is 0 Å². The van der Waals surface area contributed by atoms with Gasteiger partial charge in [-0.1, -0.05) is 28.1 Å². The van der Waals surface area contributed by atoms with Gasteiger partial charge < -0.3 is 4.74 Å². The fourth-order valence-electron chi connectivity index (χ4n) is 0.670. The van der Waals surface area contributed by atoms with Gasteiger partial charge in [0.1, 0.15) is 0 Å². The lowest BCUT2D eigenvalue weighted by atomic mass is 9.93. The summed E-state index contributed by atoms with van der Waals surface area (Å²) in [6.45, 7) is 3.63. The molecule has 0 aliphatic rings. The molecule has 64 valence electrons. The number of hydrogen-bond donors (Lipinski definition) is 0. The highest BCUT2D eigenvalue weighted by Crippen LogP contribution is 2.18. The molecular formula is C8H13BrO2. The molecule has 0 aromatic rings. The minimum absolute atomic E-state index is 0.213. The van der Waals surface area contributed by atoms with Crippen LogP contribution in [0.5, 0.6) is 0 Å². The van der Waals surface area contributed by atoms with Crippen LogP contribution < -0.4 is 0 Å². The van der Waals surface area contributed by atoms with Gasteiger partial charge in [0.2, 0.25) is 0 Å². The Hall–Kier alpha value is -0.310. The first-order valence-corrected chi connectivity index (χ1v) is 4.49. The van der Waals surface area contributed by atoms with E-state index >= 15 is 0 Å². The Morgan fingerprint density at radius 3 is 2.55 bits per heavy atom. The molecule has 0 aliphatic heterocycles. The number of esters is 1. The van der Waals surface area contributed by atoms with Crippen LogP contribution in [0.2, 0.25) is 0 Å². The predicted molar refractivity (Wildman–Crippen MR) is 48.7 cm³/mol.